The van der Waals surface area contributed by atoms with Gasteiger partial charge in [-0.15, -0.1) is 11.8 Å². The van der Waals surface area contributed by atoms with Crippen LogP contribution < -0.4 is 16.4 Å². The van der Waals surface area contributed by atoms with E-state index in [9.17, 15) is 14.4 Å². The third-order valence-electron chi connectivity index (χ3n) is 4.53. The lowest BCUT2D eigenvalue weighted by atomic mass is 10.1. The molecule has 0 radical (unpaired) electrons. The van der Waals surface area contributed by atoms with Gasteiger partial charge in [-0.2, -0.15) is 0 Å². The molecule has 1 aromatic carbocycles. The standard InChI is InChI=1S/C18H24N4O4S2/c1-10-14(17(25)20-9-8-13(23)26-3)28-18(22(10)2)21-16(24)12-6-4-11(5-7-12)15(19)27/h4-7,10,14,18H,8-9H2,1-3H3,(H2,19,27)(H,20,25)(H,21,24). The van der Waals surface area contributed by atoms with E-state index in [1.807, 2.05) is 18.9 Å². The van der Waals surface area contributed by atoms with Crippen LogP contribution in [0, 0.1) is 0 Å². The summed E-state index contributed by atoms with van der Waals surface area (Å²) in [7, 11) is 3.15. The quantitative estimate of drug-likeness (QED) is 0.427. The number of nitrogens with one attached hydrogen (secondary N) is 2. The number of carbonyl (C=O) groups excluding carboxylic acids is 3. The Labute approximate surface area is 173 Å². The Morgan fingerprint density at radius 3 is 2.43 bits per heavy atom. The molecule has 2 rings (SSSR count). The number of nitrogens with two attached hydrogens (primary N) is 1. The third-order valence-corrected chi connectivity index (χ3v) is 6.37. The normalized spacial score (nSPS) is 21.8. The number of thiocarbonyl (C=S) groups is 1. The maximum absolute atomic E-state index is 12.5. The fourth-order valence-corrected chi connectivity index (χ4v) is 4.26. The highest BCUT2D eigenvalue weighted by molar-refractivity contribution is 8.01. The number of methoxy groups -OCH3 is 1. The summed E-state index contributed by atoms with van der Waals surface area (Å²) in [4.78, 5) is 38.3. The average molecular weight is 425 g/mol. The summed E-state index contributed by atoms with van der Waals surface area (Å²) in [6.45, 7) is 2.13. The van der Waals surface area contributed by atoms with Gasteiger partial charge < -0.3 is 21.1 Å². The third kappa shape index (κ3) is 5.43. The van der Waals surface area contributed by atoms with Crippen LogP contribution in [0.25, 0.3) is 0 Å². The predicted molar refractivity (Wildman–Crippen MR) is 112 cm³/mol. The van der Waals surface area contributed by atoms with E-state index >= 15 is 0 Å². The summed E-state index contributed by atoms with van der Waals surface area (Å²) in [6, 6.07) is 6.62. The van der Waals surface area contributed by atoms with Crippen LogP contribution in [0.4, 0.5) is 0 Å². The van der Waals surface area contributed by atoms with Crippen LogP contribution >= 0.6 is 24.0 Å². The SMILES string of the molecule is COC(=O)CCNC(=O)C1SC(NC(=O)c2ccc(C(N)=S)cc2)N(C)C1C. The maximum atomic E-state index is 12.5. The van der Waals surface area contributed by atoms with Crippen molar-refractivity contribution in [3.8, 4) is 0 Å². The number of thioether (sulfide) groups is 1. The molecule has 1 aromatic rings. The number of ether oxygens (including phenoxy) is 1. The number of hydrogen-bond acceptors (Lipinski definition) is 7. The zero-order valence-electron chi connectivity index (χ0n) is 15.9. The molecular weight excluding hydrogens is 400 g/mol. The molecule has 1 heterocycles. The van der Waals surface area contributed by atoms with Crippen molar-refractivity contribution < 1.29 is 19.1 Å². The lowest BCUT2D eigenvalue weighted by Gasteiger charge is -2.23. The molecule has 3 atom stereocenters. The number of esters is 1. The van der Waals surface area contributed by atoms with Crippen molar-refractivity contribution in [3.63, 3.8) is 0 Å². The number of amides is 2. The second-order valence-electron chi connectivity index (χ2n) is 6.35. The molecule has 1 saturated heterocycles. The number of nitrogens with zero attached hydrogens (tertiary/aromatic N) is 1. The molecule has 4 N–H and O–H groups in total. The second kappa shape index (κ2) is 9.85. The number of carbonyl (C=O) groups is 3. The molecule has 0 spiro atoms. The van der Waals surface area contributed by atoms with Gasteiger partial charge in [-0.05, 0) is 26.1 Å². The van der Waals surface area contributed by atoms with Crippen LogP contribution in [0.3, 0.4) is 0 Å². The van der Waals surface area contributed by atoms with Crippen molar-refractivity contribution in [3.05, 3.63) is 35.4 Å². The molecule has 0 saturated carbocycles. The summed E-state index contributed by atoms with van der Waals surface area (Å²) in [6.07, 6.45) is 0.117. The molecule has 2 amide bonds. The highest BCUT2D eigenvalue weighted by atomic mass is 32.2. The number of hydrogen-bond donors (Lipinski definition) is 3. The highest BCUT2D eigenvalue weighted by Gasteiger charge is 2.41. The molecule has 8 nitrogen and oxygen atoms in total. The first-order valence-electron chi connectivity index (χ1n) is 8.67. The molecule has 3 unspecified atom stereocenters. The van der Waals surface area contributed by atoms with Gasteiger partial charge in [-0.1, -0.05) is 24.4 Å². The van der Waals surface area contributed by atoms with Crippen LogP contribution in [-0.2, 0) is 14.3 Å². The van der Waals surface area contributed by atoms with E-state index in [0.717, 1.165) is 0 Å². The highest BCUT2D eigenvalue weighted by Crippen LogP contribution is 2.33. The fraction of sp³-hybridized carbons (Fsp3) is 0.444. The first-order valence-corrected chi connectivity index (χ1v) is 10.0. The van der Waals surface area contributed by atoms with Gasteiger partial charge in [0.15, 0.2) is 0 Å². The van der Waals surface area contributed by atoms with Crippen LogP contribution in [0.2, 0.25) is 0 Å². The lowest BCUT2D eigenvalue weighted by molar-refractivity contribution is -0.140. The predicted octanol–water partition coefficient (Wildman–Crippen LogP) is 0.449. The van der Waals surface area contributed by atoms with E-state index in [1.165, 1.54) is 18.9 Å². The molecule has 28 heavy (non-hydrogen) atoms. The van der Waals surface area contributed by atoms with E-state index in [1.54, 1.807) is 24.3 Å². The van der Waals surface area contributed by atoms with Crippen LogP contribution in [0.5, 0.6) is 0 Å². The minimum Gasteiger partial charge on any atom is -0.469 e. The van der Waals surface area contributed by atoms with E-state index in [-0.39, 0.29) is 52.5 Å². The summed E-state index contributed by atoms with van der Waals surface area (Å²) >= 11 is 6.26. The van der Waals surface area contributed by atoms with Crippen molar-refractivity contribution in [1.82, 2.24) is 15.5 Å². The van der Waals surface area contributed by atoms with Crippen LogP contribution in [-0.4, -0.2) is 65.2 Å². The molecule has 0 aromatic heterocycles. The molecule has 1 fully saturated rings. The smallest absolute Gasteiger partial charge is 0.307 e. The van der Waals surface area contributed by atoms with Crippen molar-refractivity contribution in [2.75, 3.05) is 20.7 Å². The Balaban J connectivity index is 1.93. The van der Waals surface area contributed by atoms with Gasteiger partial charge in [0, 0.05) is 23.7 Å². The Morgan fingerprint density at radius 1 is 1.25 bits per heavy atom. The van der Waals surface area contributed by atoms with Gasteiger partial charge in [0.2, 0.25) is 5.91 Å². The van der Waals surface area contributed by atoms with E-state index in [0.29, 0.717) is 11.1 Å². The Hall–Kier alpha value is -2.17. The first-order chi connectivity index (χ1) is 13.2. The van der Waals surface area contributed by atoms with Gasteiger partial charge in [0.1, 0.15) is 15.7 Å². The summed E-state index contributed by atoms with van der Waals surface area (Å²) in [5.41, 5.74) is 6.38. The minimum atomic E-state index is -0.379. The second-order valence-corrected chi connectivity index (χ2v) is 8.01. The van der Waals surface area contributed by atoms with E-state index in [2.05, 4.69) is 15.4 Å². The zero-order valence-corrected chi connectivity index (χ0v) is 17.6. The Bertz CT molecular complexity index is 756. The molecule has 10 heteroatoms. The topological polar surface area (TPSA) is 114 Å². The number of rotatable bonds is 7. The summed E-state index contributed by atoms with van der Waals surface area (Å²) < 4.78 is 4.55. The van der Waals surface area contributed by atoms with Crippen LogP contribution in [0.1, 0.15) is 29.3 Å². The number of benzene rings is 1. The molecular formula is C18H24N4O4S2. The molecule has 0 bridgehead atoms. The summed E-state index contributed by atoms with van der Waals surface area (Å²) in [5, 5.41) is 5.29. The van der Waals surface area contributed by atoms with Crippen molar-refractivity contribution >= 4 is 46.8 Å². The molecule has 1 aliphatic heterocycles. The average Bonchev–Trinajstić information content (AvgIpc) is 2.96. The van der Waals surface area contributed by atoms with E-state index in [4.69, 9.17) is 18.0 Å². The van der Waals surface area contributed by atoms with Gasteiger partial charge in [0.05, 0.1) is 13.5 Å². The van der Waals surface area contributed by atoms with Gasteiger partial charge in [-0.3, -0.25) is 19.3 Å². The van der Waals surface area contributed by atoms with Crippen LogP contribution in [0.15, 0.2) is 24.3 Å². The monoisotopic (exact) mass is 424 g/mol. The largest absolute Gasteiger partial charge is 0.469 e. The zero-order chi connectivity index (χ0) is 20.8. The van der Waals surface area contributed by atoms with Crippen molar-refractivity contribution in [2.45, 2.75) is 30.1 Å². The fourth-order valence-electron chi connectivity index (χ4n) is 2.66. The molecule has 152 valence electrons. The van der Waals surface area contributed by atoms with Gasteiger partial charge in [-0.25, -0.2) is 0 Å². The minimum absolute atomic E-state index is 0.0922. The molecule has 0 aliphatic carbocycles. The maximum Gasteiger partial charge on any atom is 0.307 e. The van der Waals surface area contributed by atoms with Gasteiger partial charge in [0.25, 0.3) is 5.91 Å². The molecule has 1 aliphatic rings. The van der Waals surface area contributed by atoms with Crippen molar-refractivity contribution in [2.24, 2.45) is 5.73 Å². The first kappa shape index (κ1) is 22.1. The summed E-state index contributed by atoms with van der Waals surface area (Å²) in [5.74, 6) is -0.806. The lowest BCUT2D eigenvalue weighted by Crippen LogP contribution is -2.45. The Morgan fingerprint density at radius 2 is 1.86 bits per heavy atom. The van der Waals surface area contributed by atoms with Gasteiger partial charge >= 0.3 is 5.97 Å². The van der Waals surface area contributed by atoms with E-state index < -0.39 is 0 Å². The Kier molecular flexibility index (Phi) is 7.78. The van der Waals surface area contributed by atoms with Crippen molar-refractivity contribution in [1.29, 1.82) is 0 Å².